The second-order valence-electron chi connectivity index (χ2n) is 7.95. The van der Waals surface area contributed by atoms with Gasteiger partial charge in [0.15, 0.2) is 11.5 Å². The molecule has 1 atom stereocenters. The van der Waals surface area contributed by atoms with Gasteiger partial charge in [-0.1, -0.05) is 23.7 Å². The van der Waals surface area contributed by atoms with Crippen molar-refractivity contribution >= 4 is 34.7 Å². The Labute approximate surface area is 214 Å². The summed E-state index contributed by atoms with van der Waals surface area (Å²) in [6, 6.07) is 17.6. The van der Waals surface area contributed by atoms with Crippen molar-refractivity contribution in [2.45, 2.75) is 19.9 Å². The molecule has 3 aromatic carbocycles. The summed E-state index contributed by atoms with van der Waals surface area (Å²) in [4.78, 5) is 28.0. The van der Waals surface area contributed by atoms with Crippen LogP contribution in [-0.4, -0.2) is 37.1 Å². The first-order valence-electron chi connectivity index (χ1n) is 11.5. The zero-order valence-electron chi connectivity index (χ0n) is 20.2. The topological polar surface area (TPSA) is 85.3 Å². The fraction of sp³-hybridized carbons (Fsp3) is 0.214. The molecule has 1 aliphatic heterocycles. The van der Waals surface area contributed by atoms with Gasteiger partial charge in [0.2, 0.25) is 0 Å². The zero-order chi connectivity index (χ0) is 25.8. The molecular weight excluding hydrogens is 482 g/mol. The van der Waals surface area contributed by atoms with Crippen LogP contribution in [0.25, 0.3) is 5.76 Å². The molecule has 1 unspecified atom stereocenters. The van der Waals surface area contributed by atoms with Crippen LogP contribution >= 0.6 is 11.6 Å². The molecule has 3 aromatic rings. The van der Waals surface area contributed by atoms with Crippen molar-refractivity contribution in [2.75, 3.05) is 25.2 Å². The lowest BCUT2D eigenvalue weighted by Crippen LogP contribution is -2.29. The van der Waals surface area contributed by atoms with Gasteiger partial charge in [0.1, 0.15) is 11.5 Å². The molecular formula is C28H26ClNO6. The van der Waals surface area contributed by atoms with E-state index in [4.69, 9.17) is 25.8 Å². The minimum absolute atomic E-state index is 0.0447. The van der Waals surface area contributed by atoms with E-state index in [1.165, 1.54) is 12.0 Å². The van der Waals surface area contributed by atoms with Crippen molar-refractivity contribution in [3.8, 4) is 17.2 Å². The molecule has 1 saturated heterocycles. The van der Waals surface area contributed by atoms with Gasteiger partial charge in [-0.3, -0.25) is 14.5 Å². The van der Waals surface area contributed by atoms with E-state index in [9.17, 15) is 14.7 Å². The van der Waals surface area contributed by atoms with Crippen molar-refractivity contribution in [1.82, 2.24) is 0 Å². The van der Waals surface area contributed by atoms with E-state index in [0.717, 1.165) is 0 Å². The number of nitrogens with zero attached hydrogens (tertiary/aromatic N) is 1. The maximum Gasteiger partial charge on any atom is 0.300 e. The maximum atomic E-state index is 13.4. The van der Waals surface area contributed by atoms with E-state index in [2.05, 4.69) is 0 Å². The second kappa shape index (κ2) is 10.7. The molecule has 0 aliphatic carbocycles. The van der Waals surface area contributed by atoms with Gasteiger partial charge in [-0.15, -0.1) is 0 Å². The Morgan fingerprint density at radius 2 is 1.67 bits per heavy atom. The third kappa shape index (κ3) is 4.75. The molecule has 1 fully saturated rings. The fourth-order valence-corrected chi connectivity index (χ4v) is 4.39. The molecule has 1 aliphatic rings. The van der Waals surface area contributed by atoms with Crippen molar-refractivity contribution in [3.63, 3.8) is 0 Å². The number of halogens is 1. The van der Waals surface area contributed by atoms with E-state index in [1.807, 2.05) is 13.8 Å². The van der Waals surface area contributed by atoms with Gasteiger partial charge < -0.3 is 19.3 Å². The van der Waals surface area contributed by atoms with E-state index in [0.29, 0.717) is 52.3 Å². The van der Waals surface area contributed by atoms with E-state index < -0.39 is 17.7 Å². The Morgan fingerprint density at radius 3 is 2.31 bits per heavy atom. The fourth-order valence-electron chi connectivity index (χ4n) is 4.20. The predicted molar refractivity (Wildman–Crippen MR) is 138 cm³/mol. The highest BCUT2D eigenvalue weighted by Gasteiger charge is 2.47. The first-order chi connectivity index (χ1) is 17.4. The number of aliphatic hydroxyl groups excluding tert-OH is 1. The first-order valence-corrected chi connectivity index (χ1v) is 11.9. The Morgan fingerprint density at radius 1 is 0.944 bits per heavy atom. The third-order valence-electron chi connectivity index (χ3n) is 5.77. The lowest BCUT2D eigenvalue weighted by molar-refractivity contribution is -0.132. The average Bonchev–Trinajstić information content (AvgIpc) is 3.14. The van der Waals surface area contributed by atoms with Crippen LogP contribution in [0.5, 0.6) is 17.2 Å². The number of carbonyl (C=O) groups is 2. The molecule has 8 heteroatoms. The van der Waals surface area contributed by atoms with Gasteiger partial charge >= 0.3 is 0 Å². The number of ether oxygens (including phenoxy) is 3. The molecule has 0 bridgehead atoms. The van der Waals surface area contributed by atoms with Gasteiger partial charge in [0, 0.05) is 16.3 Å². The van der Waals surface area contributed by atoms with Crippen molar-refractivity contribution in [1.29, 1.82) is 0 Å². The van der Waals surface area contributed by atoms with Gasteiger partial charge in [-0.2, -0.15) is 0 Å². The Hall–Kier alpha value is -3.97. The van der Waals surface area contributed by atoms with Crippen LogP contribution in [0, 0.1) is 0 Å². The van der Waals surface area contributed by atoms with E-state index in [-0.39, 0.29) is 11.3 Å². The Balaban J connectivity index is 1.92. The summed E-state index contributed by atoms with van der Waals surface area (Å²) in [6.07, 6.45) is 0. The van der Waals surface area contributed by atoms with Crippen LogP contribution in [0.3, 0.4) is 0 Å². The first kappa shape index (κ1) is 25.1. The molecule has 1 amide bonds. The highest BCUT2D eigenvalue weighted by molar-refractivity contribution is 6.51. The lowest BCUT2D eigenvalue weighted by atomic mass is 9.94. The molecule has 0 saturated carbocycles. The molecule has 1 heterocycles. The molecule has 186 valence electrons. The highest BCUT2D eigenvalue weighted by Crippen LogP contribution is 2.44. The Bertz CT molecular complexity index is 1320. The SMILES string of the molecule is CCOc1ccc(/C(O)=C2/C(=O)C(=O)N(c3cccc(Cl)c3)C2c2ccc(OC)c(OCC)c2)cc1. The van der Waals surface area contributed by atoms with Gasteiger partial charge in [-0.25, -0.2) is 0 Å². The predicted octanol–water partition coefficient (Wildman–Crippen LogP) is 5.77. The number of anilines is 1. The summed E-state index contributed by atoms with van der Waals surface area (Å²) in [5.41, 5.74) is 1.32. The van der Waals surface area contributed by atoms with Crippen LogP contribution in [0.2, 0.25) is 5.02 Å². The van der Waals surface area contributed by atoms with Crippen LogP contribution in [0.15, 0.2) is 72.3 Å². The number of ketones is 1. The number of methoxy groups -OCH3 is 1. The molecule has 36 heavy (non-hydrogen) atoms. The van der Waals surface area contributed by atoms with Gasteiger partial charge in [0.05, 0.1) is 31.9 Å². The second-order valence-corrected chi connectivity index (χ2v) is 8.39. The molecule has 4 rings (SSSR count). The van der Waals surface area contributed by atoms with Crippen LogP contribution in [0.1, 0.15) is 31.0 Å². The zero-order valence-corrected chi connectivity index (χ0v) is 20.9. The summed E-state index contributed by atoms with van der Waals surface area (Å²) in [5.74, 6) is -0.285. The number of carbonyl (C=O) groups excluding carboxylic acids is 2. The summed E-state index contributed by atoms with van der Waals surface area (Å²) in [5, 5.41) is 11.7. The van der Waals surface area contributed by atoms with E-state index >= 15 is 0 Å². The quantitative estimate of drug-likeness (QED) is 0.236. The van der Waals surface area contributed by atoms with Gasteiger partial charge in [-0.05, 0) is 74.0 Å². The monoisotopic (exact) mass is 507 g/mol. The third-order valence-corrected chi connectivity index (χ3v) is 6.01. The lowest BCUT2D eigenvalue weighted by Gasteiger charge is -2.26. The number of amides is 1. The summed E-state index contributed by atoms with van der Waals surface area (Å²) >= 11 is 6.21. The molecule has 0 aromatic heterocycles. The van der Waals surface area contributed by atoms with Crippen LogP contribution in [0.4, 0.5) is 5.69 Å². The number of benzene rings is 3. The van der Waals surface area contributed by atoms with Crippen LogP contribution < -0.4 is 19.1 Å². The molecule has 0 radical (unpaired) electrons. The van der Waals surface area contributed by atoms with E-state index in [1.54, 1.807) is 66.7 Å². The summed E-state index contributed by atoms with van der Waals surface area (Å²) in [6.45, 7) is 4.60. The number of rotatable bonds is 8. The average molecular weight is 508 g/mol. The number of hydrogen-bond acceptors (Lipinski definition) is 6. The smallest absolute Gasteiger partial charge is 0.300 e. The normalized spacial score (nSPS) is 16.8. The number of aliphatic hydroxyl groups is 1. The molecule has 1 N–H and O–H groups in total. The van der Waals surface area contributed by atoms with Crippen LogP contribution in [-0.2, 0) is 9.59 Å². The molecule has 0 spiro atoms. The number of hydrogen-bond donors (Lipinski definition) is 1. The molecule has 7 nitrogen and oxygen atoms in total. The van der Waals surface area contributed by atoms with Crippen molar-refractivity contribution in [3.05, 3.63) is 88.5 Å². The van der Waals surface area contributed by atoms with Gasteiger partial charge in [0.25, 0.3) is 11.7 Å². The standard InChI is InChI=1S/C28H26ClNO6/c1-4-35-21-12-9-17(10-13-21)26(31)24-25(18-11-14-22(34-3)23(15-18)36-5-2)30(28(33)27(24)32)20-8-6-7-19(29)16-20/h6-16,25,31H,4-5H2,1-3H3/b26-24-. The Kier molecular flexibility index (Phi) is 7.50. The highest BCUT2D eigenvalue weighted by atomic mass is 35.5. The van der Waals surface area contributed by atoms with Crippen molar-refractivity contribution in [2.24, 2.45) is 0 Å². The summed E-state index contributed by atoms with van der Waals surface area (Å²) < 4.78 is 16.6. The number of Topliss-reactive ketones (excluding diaryl/α,β-unsaturated/α-hetero) is 1. The summed E-state index contributed by atoms with van der Waals surface area (Å²) in [7, 11) is 1.53. The minimum atomic E-state index is -0.930. The van der Waals surface area contributed by atoms with Crippen molar-refractivity contribution < 1.29 is 28.9 Å². The maximum absolute atomic E-state index is 13.4. The largest absolute Gasteiger partial charge is 0.507 e. The minimum Gasteiger partial charge on any atom is -0.507 e.